The quantitative estimate of drug-likeness (QED) is 0.660. The number of carboxylic acids is 1. The molecule has 0 aliphatic heterocycles. The van der Waals surface area contributed by atoms with Crippen LogP contribution >= 0.6 is 11.3 Å². The lowest BCUT2D eigenvalue weighted by molar-refractivity contribution is -0.146. The molecule has 0 radical (unpaired) electrons. The van der Waals surface area contributed by atoms with Crippen LogP contribution in [0, 0.1) is 0 Å². The van der Waals surface area contributed by atoms with Gasteiger partial charge in [0.15, 0.2) is 0 Å². The first-order valence-electron chi connectivity index (χ1n) is 6.19. The number of amides is 2. The lowest BCUT2D eigenvalue weighted by Crippen LogP contribution is -2.49. The van der Waals surface area contributed by atoms with Gasteiger partial charge in [0.25, 0.3) is 5.91 Å². The minimum absolute atomic E-state index is 0.161. The number of hydrogen-bond donors (Lipinski definition) is 3. The van der Waals surface area contributed by atoms with Gasteiger partial charge in [0.1, 0.15) is 5.54 Å². The Balaban J connectivity index is 2.23. The Kier molecular flexibility index (Phi) is 5.69. The van der Waals surface area contributed by atoms with Crippen molar-refractivity contribution >= 4 is 29.1 Å². The molecule has 7 heteroatoms. The zero-order valence-electron chi connectivity index (χ0n) is 11.4. The molecule has 0 saturated carbocycles. The summed E-state index contributed by atoms with van der Waals surface area (Å²) in [6.45, 7) is 3.22. The summed E-state index contributed by atoms with van der Waals surface area (Å²) in [5, 5.41) is 15.8. The van der Waals surface area contributed by atoms with Crippen LogP contribution < -0.4 is 10.6 Å². The zero-order valence-corrected chi connectivity index (χ0v) is 12.3. The van der Waals surface area contributed by atoms with E-state index in [1.54, 1.807) is 12.1 Å². The number of rotatable bonds is 7. The smallest absolute Gasteiger partial charge is 0.328 e. The maximum absolute atomic E-state index is 11.6. The summed E-state index contributed by atoms with van der Waals surface area (Å²) in [7, 11) is 0. The Morgan fingerprint density at radius 3 is 2.60 bits per heavy atom. The second-order valence-corrected chi connectivity index (χ2v) is 5.76. The van der Waals surface area contributed by atoms with E-state index in [0.29, 0.717) is 17.8 Å². The minimum Gasteiger partial charge on any atom is -0.480 e. The van der Waals surface area contributed by atoms with Crippen LogP contribution in [0.2, 0.25) is 0 Å². The molecule has 6 nitrogen and oxygen atoms in total. The first-order valence-corrected chi connectivity index (χ1v) is 7.07. The predicted octanol–water partition coefficient (Wildman–Crippen LogP) is 1.24. The van der Waals surface area contributed by atoms with E-state index in [-0.39, 0.29) is 18.2 Å². The van der Waals surface area contributed by atoms with Gasteiger partial charge in [-0.25, -0.2) is 4.79 Å². The van der Waals surface area contributed by atoms with Gasteiger partial charge in [0.2, 0.25) is 5.91 Å². The summed E-state index contributed by atoms with van der Waals surface area (Å²) in [6.07, 6.45) is 0.625. The van der Waals surface area contributed by atoms with Crippen LogP contribution in [-0.4, -0.2) is 35.0 Å². The molecular formula is C13H18N2O4S. The molecule has 3 N–H and O–H groups in total. The average Bonchev–Trinajstić information content (AvgIpc) is 2.87. The number of carbonyl (C=O) groups is 3. The number of thiophene rings is 1. The van der Waals surface area contributed by atoms with Crippen LogP contribution in [0.3, 0.4) is 0 Å². The van der Waals surface area contributed by atoms with E-state index in [2.05, 4.69) is 10.6 Å². The van der Waals surface area contributed by atoms with Crippen molar-refractivity contribution in [3.63, 3.8) is 0 Å². The highest BCUT2D eigenvalue weighted by atomic mass is 32.1. The molecule has 0 bridgehead atoms. The molecule has 110 valence electrons. The van der Waals surface area contributed by atoms with E-state index in [1.807, 2.05) is 5.38 Å². The van der Waals surface area contributed by atoms with E-state index in [0.717, 1.165) is 0 Å². The average molecular weight is 298 g/mol. The van der Waals surface area contributed by atoms with Gasteiger partial charge in [-0.15, -0.1) is 11.3 Å². The van der Waals surface area contributed by atoms with E-state index in [4.69, 9.17) is 5.11 Å². The van der Waals surface area contributed by atoms with E-state index in [1.165, 1.54) is 25.2 Å². The first-order chi connectivity index (χ1) is 9.33. The van der Waals surface area contributed by atoms with Crippen LogP contribution in [0.5, 0.6) is 0 Å². The van der Waals surface area contributed by atoms with Crippen molar-refractivity contribution in [3.8, 4) is 0 Å². The fourth-order valence-electron chi connectivity index (χ4n) is 1.41. The molecule has 0 aliphatic rings. The van der Waals surface area contributed by atoms with Crippen molar-refractivity contribution in [2.45, 2.75) is 32.2 Å². The number of hydrogen-bond acceptors (Lipinski definition) is 4. The number of nitrogens with one attached hydrogen (secondary N) is 2. The molecule has 0 spiro atoms. The number of aliphatic carboxylic acids is 1. The van der Waals surface area contributed by atoms with Gasteiger partial charge in [0.05, 0.1) is 4.88 Å². The van der Waals surface area contributed by atoms with Crippen molar-refractivity contribution in [2.75, 3.05) is 6.54 Å². The van der Waals surface area contributed by atoms with Crippen molar-refractivity contribution in [3.05, 3.63) is 22.4 Å². The second-order valence-electron chi connectivity index (χ2n) is 4.82. The summed E-state index contributed by atoms with van der Waals surface area (Å²) >= 11 is 1.35. The Morgan fingerprint density at radius 2 is 2.05 bits per heavy atom. The van der Waals surface area contributed by atoms with Gasteiger partial charge >= 0.3 is 5.97 Å². The standard InChI is InChI=1S/C13H18N2O4S/c1-13(2,12(18)19)15-10(16)6-3-7-14-11(17)9-5-4-8-20-9/h4-5,8H,3,6-7H2,1-2H3,(H,14,17)(H,15,16)(H,18,19). The van der Waals surface area contributed by atoms with Crippen LogP contribution in [0.1, 0.15) is 36.4 Å². The summed E-state index contributed by atoms with van der Waals surface area (Å²) < 4.78 is 0. The van der Waals surface area contributed by atoms with Gasteiger partial charge in [-0.1, -0.05) is 6.07 Å². The summed E-state index contributed by atoms with van der Waals surface area (Å²) in [6, 6.07) is 3.52. The zero-order chi connectivity index (χ0) is 15.2. The monoisotopic (exact) mass is 298 g/mol. The Bertz CT molecular complexity index is 483. The minimum atomic E-state index is -1.28. The molecule has 0 saturated heterocycles. The van der Waals surface area contributed by atoms with Gasteiger partial charge in [-0.3, -0.25) is 9.59 Å². The fourth-order valence-corrected chi connectivity index (χ4v) is 2.05. The largest absolute Gasteiger partial charge is 0.480 e. The van der Waals surface area contributed by atoms with E-state index in [9.17, 15) is 14.4 Å². The van der Waals surface area contributed by atoms with Crippen molar-refractivity contribution < 1.29 is 19.5 Å². The molecule has 0 aliphatic carbocycles. The highest BCUT2D eigenvalue weighted by Gasteiger charge is 2.28. The number of carbonyl (C=O) groups excluding carboxylic acids is 2. The van der Waals surface area contributed by atoms with Gasteiger partial charge in [0, 0.05) is 13.0 Å². The SMILES string of the molecule is CC(C)(NC(=O)CCCNC(=O)c1cccs1)C(=O)O. The van der Waals surface area contributed by atoms with Crippen LogP contribution in [0.15, 0.2) is 17.5 Å². The van der Waals surface area contributed by atoms with Crippen molar-refractivity contribution in [1.29, 1.82) is 0 Å². The molecule has 0 fully saturated rings. The third-order valence-corrected chi connectivity index (χ3v) is 3.47. The highest BCUT2D eigenvalue weighted by Crippen LogP contribution is 2.07. The summed E-state index contributed by atoms with van der Waals surface area (Å²) in [5.74, 6) is -1.59. The second kappa shape index (κ2) is 7.04. The third kappa shape index (κ3) is 5.00. The van der Waals surface area contributed by atoms with Crippen LogP contribution in [0.4, 0.5) is 0 Å². The molecular weight excluding hydrogens is 280 g/mol. The Labute approximate surface area is 121 Å². The first kappa shape index (κ1) is 16.2. The molecule has 0 unspecified atom stereocenters. The predicted molar refractivity (Wildman–Crippen MR) is 75.7 cm³/mol. The van der Waals surface area contributed by atoms with Crippen LogP contribution in [0.25, 0.3) is 0 Å². The topological polar surface area (TPSA) is 95.5 Å². The lowest BCUT2D eigenvalue weighted by Gasteiger charge is -2.20. The highest BCUT2D eigenvalue weighted by molar-refractivity contribution is 7.12. The number of carboxylic acid groups (broad SMARTS) is 1. The summed E-state index contributed by atoms with van der Waals surface area (Å²) in [5.41, 5.74) is -1.28. The molecule has 1 aromatic heterocycles. The van der Waals surface area contributed by atoms with E-state index < -0.39 is 11.5 Å². The van der Waals surface area contributed by atoms with Gasteiger partial charge in [-0.2, -0.15) is 0 Å². The Hall–Kier alpha value is -1.89. The summed E-state index contributed by atoms with van der Waals surface area (Å²) in [4.78, 5) is 34.6. The van der Waals surface area contributed by atoms with Gasteiger partial charge < -0.3 is 15.7 Å². The molecule has 1 heterocycles. The molecule has 0 atom stereocenters. The lowest BCUT2D eigenvalue weighted by atomic mass is 10.1. The molecule has 2 amide bonds. The van der Waals surface area contributed by atoms with Crippen LogP contribution in [-0.2, 0) is 9.59 Å². The molecule has 20 heavy (non-hydrogen) atoms. The normalized spacial score (nSPS) is 10.9. The Morgan fingerprint density at radius 1 is 1.35 bits per heavy atom. The molecule has 0 aromatic carbocycles. The van der Waals surface area contributed by atoms with Crippen molar-refractivity contribution in [1.82, 2.24) is 10.6 Å². The maximum Gasteiger partial charge on any atom is 0.328 e. The molecule has 1 rings (SSSR count). The third-order valence-electron chi connectivity index (χ3n) is 2.60. The van der Waals surface area contributed by atoms with E-state index >= 15 is 0 Å². The maximum atomic E-state index is 11.6. The van der Waals surface area contributed by atoms with Crippen molar-refractivity contribution in [2.24, 2.45) is 0 Å². The molecule has 1 aromatic rings. The van der Waals surface area contributed by atoms with Gasteiger partial charge in [-0.05, 0) is 31.7 Å². The fraction of sp³-hybridized carbons (Fsp3) is 0.462.